The third kappa shape index (κ3) is 6.92. The zero-order valence-electron chi connectivity index (χ0n) is 14.8. The highest BCUT2D eigenvalue weighted by atomic mass is 35.5. The number of ether oxygens (including phenoxy) is 1. The predicted octanol–water partition coefficient (Wildman–Crippen LogP) is 3.55. The molecule has 0 saturated carbocycles. The maximum atomic E-state index is 11.5. The van der Waals surface area contributed by atoms with E-state index in [0.29, 0.717) is 22.4 Å². The van der Waals surface area contributed by atoms with Crippen LogP contribution in [0, 0.1) is 0 Å². The van der Waals surface area contributed by atoms with Gasteiger partial charge in [-0.3, -0.25) is 9.59 Å². The number of nitrogens with one attached hydrogen (secondary N) is 2. The van der Waals surface area contributed by atoms with Gasteiger partial charge in [0.05, 0.1) is 6.21 Å². The van der Waals surface area contributed by atoms with Gasteiger partial charge in [0.1, 0.15) is 12.4 Å². The van der Waals surface area contributed by atoms with Crippen LogP contribution < -0.4 is 15.5 Å². The molecule has 2 aromatic carbocycles. The van der Waals surface area contributed by atoms with Crippen molar-refractivity contribution >= 4 is 41.2 Å². The predicted molar refractivity (Wildman–Crippen MR) is 106 cm³/mol. The fourth-order valence-electron chi connectivity index (χ4n) is 1.99. The van der Waals surface area contributed by atoms with Gasteiger partial charge in [0.15, 0.2) is 0 Å². The smallest absolute Gasteiger partial charge is 0.329 e. The molecule has 2 aromatic rings. The van der Waals surface area contributed by atoms with Gasteiger partial charge in [0.2, 0.25) is 0 Å². The van der Waals surface area contributed by atoms with Gasteiger partial charge in [0.25, 0.3) is 0 Å². The molecule has 0 radical (unpaired) electrons. The van der Waals surface area contributed by atoms with Crippen LogP contribution in [0.4, 0.5) is 0 Å². The van der Waals surface area contributed by atoms with Gasteiger partial charge in [-0.15, -0.1) is 0 Å². The molecular formula is C19H19Cl2N3O3. The summed E-state index contributed by atoms with van der Waals surface area (Å²) in [4.78, 5) is 23.0. The summed E-state index contributed by atoms with van der Waals surface area (Å²) in [5, 5.41) is 7.35. The van der Waals surface area contributed by atoms with E-state index in [9.17, 15) is 9.59 Å². The SMILES string of the molecule is CC(C)NC(=O)C(=O)N/N=C/c1ccc(OCc2ccc(Cl)cc2Cl)cc1. The molecule has 0 aliphatic rings. The highest BCUT2D eigenvalue weighted by Crippen LogP contribution is 2.22. The Morgan fingerprint density at radius 1 is 1.11 bits per heavy atom. The monoisotopic (exact) mass is 407 g/mol. The van der Waals surface area contributed by atoms with Crippen LogP contribution in [0.3, 0.4) is 0 Å². The highest BCUT2D eigenvalue weighted by molar-refractivity contribution is 6.35. The second kappa shape index (κ2) is 9.94. The molecule has 0 aliphatic heterocycles. The van der Waals surface area contributed by atoms with Crippen LogP contribution in [0.1, 0.15) is 25.0 Å². The Morgan fingerprint density at radius 2 is 1.81 bits per heavy atom. The van der Waals surface area contributed by atoms with Gasteiger partial charge < -0.3 is 10.1 Å². The Kier molecular flexibility index (Phi) is 7.64. The van der Waals surface area contributed by atoms with Gasteiger partial charge in [-0.25, -0.2) is 5.43 Å². The quantitative estimate of drug-likeness (QED) is 0.436. The van der Waals surface area contributed by atoms with Crippen LogP contribution in [0.2, 0.25) is 10.0 Å². The number of amides is 2. The van der Waals surface area contributed by atoms with Crippen LogP contribution >= 0.6 is 23.2 Å². The number of hydrazone groups is 1. The summed E-state index contributed by atoms with van der Waals surface area (Å²) in [5.74, 6) is -0.898. The van der Waals surface area contributed by atoms with Crippen molar-refractivity contribution < 1.29 is 14.3 Å². The van der Waals surface area contributed by atoms with Crippen molar-refractivity contribution in [1.29, 1.82) is 0 Å². The van der Waals surface area contributed by atoms with Gasteiger partial charge >= 0.3 is 11.8 Å². The lowest BCUT2D eigenvalue weighted by atomic mass is 10.2. The molecule has 2 N–H and O–H groups in total. The maximum absolute atomic E-state index is 11.5. The second-order valence-corrected chi connectivity index (χ2v) is 6.76. The van der Waals surface area contributed by atoms with Crippen LogP contribution in [0.25, 0.3) is 0 Å². The molecule has 0 heterocycles. The Hall–Kier alpha value is -2.57. The minimum atomic E-state index is -0.820. The molecule has 0 aromatic heterocycles. The first-order valence-electron chi connectivity index (χ1n) is 8.16. The molecule has 0 bridgehead atoms. The topological polar surface area (TPSA) is 79.8 Å². The number of benzene rings is 2. The zero-order chi connectivity index (χ0) is 19.8. The Balaban J connectivity index is 1.85. The summed E-state index contributed by atoms with van der Waals surface area (Å²) < 4.78 is 5.68. The summed E-state index contributed by atoms with van der Waals surface area (Å²) in [6.45, 7) is 3.84. The van der Waals surface area contributed by atoms with Crippen LogP contribution in [-0.4, -0.2) is 24.1 Å². The highest BCUT2D eigenvalue weighted by Gasteiger charge is 2.12. The van der Waals surface area contributed by atoms with Crippen LogP contribution in [0.5, 0.6) is 5.75 Å². The van der Waals surface area contributed by atoms with E-state index in [1.807, 2.05) is 6.07 Å². The number of rotatable bonds is 6. The van der Waals surface area contributed by atoms with Crippen LogP contribution in [0.15, 0.2) is 47.6 Å². The summed E-state index contributed by atoms with van der Waals surface area (Å²) in [5.41, 5.74) is 3.73. The molecular weight excluding hydrogens is 389 g/mol. The first kappa shape index (κ1) is 20.7. The minimum absolute atomic E-state index is 0.123. The molecule has 0 fully saturated rings. The lowest BCUT2D eigenvalue weighted by Gasteiger charge is -2.08. The maximum Gasteiger partial charge on any atom is 0.329 e. The van der Waals surface area contributed by atoms with Crippen molar-refractivity contribution in [2.45, 2.75) is 26.5 Å². The van der Waals surface area contributed by atoms with E-state index in [-0.39, 0.29) is 6.04 Å². The molecule has 0 aliphatic carbocycles. The molecule has 6 nitrogen and oxygen atoms in total. The van der Waals surface area contributed by atoms with E-state index >= 15 is 0 Å². The van der Waals surface area contributed by atoms with E-state index in [1.165, 1.54) is 6.21 Å². The molecule has 8 heteroatoms. The van der Waals surface area contributed by atoms with Gasteiger partial charge in [0, 0.05) is 21.7 Å². The number of hydrogen-bond acceptors (Lipinski definition) is 4. The van der Waals surface area contributed by atoms with E-state index in [2.05, 4.69) is 15.8 Å². The number of carbonyl (C=O) groups is 2. The molecule has 0 unspecified atom stereocenters. The van der Waals surface area contributed by atoms with Crippen molar-refractivity contribution in [3.8, 4) is 5.75 Å². The molecule has 0 saturated heterocycles. The van der Waals surface area contributed by atoms with Crippen molar-refractivity contribution in [2.75, 3.05) is 0 Å². The number of halogens is 2. The van der Waals surface area contributed by atoms with Gasteiger partial charge in [-0.1, -0.05) is 29.3 Å². The first-order chi connectivity index (χ1) is 12.8. The third-order valence-corrected chi connectivity index (χ3v) is 3.88. The Morgan fingerprint density at radius 3 is 2.44 bits per heavy atom. The van der Waals surface area contributed by atoms with E-state index in [0.717, 1.165) is 11.1 Å². The summed E-state index contributed by atoms with van der Waals surface area (Å²) in [6, 6.07) is 12.2. The number of hydrogen-bond donors (Lipinski definition) is 2. The molecule has 0 atom stereocenters. The molecule has 0 spiro atoms. The second-order valence-electron chi connectivity index (χ2n) is 5.92. The van der Waals surface area contributed by atoms with Gasteiger partial charge in [-0.05, 0) is 55.8 Å². The average Bonchev–Trinajstić information content (AvgIpc) is 2.61. The summed E-state index contributed by atoms with van der Waals surface area (Å²) in [6.07, 6.45) is 1.43. The Bertz CT molecular complexity index is 837. The first-order valence-corrected chi connectivity index (χ1v) is 8.91. The minimum Gasteiger partial charge on any atom is -0.489 e. The van der Waals surface area contributed by atoms with Crippen molar-refractivity contribution in [3.63, 3.8) is 0 Å². The normalized spacial score (nSPS) is 10.9. The lowest BCUT2D eigenvalue weighted by Crippen LogP contribution is -2.41. The van der Waals surface area contributed by atoms with Crippen LogP contribution in [-0.2, 0) is 16.2 Å². The zero-order valence-corrected chi connectivity index (χ0v) is 16.3. The van der Waals surface area contributed by atoms with E-state index in [1.54, 1.807) is 50.2 Å². The summed E-state index contributed by atoms with van der Waals surface area (Å²) >= 11 is 12.0. The fourth-order valence-corrected chi connectivity index (χ4v) is 2.46. The molecule has 2 amide bonds. The van der Waals surface area contributed by atoms with E-state index < -0.39 is 11.8 Å². The molecule has 2 rings (SSSR count). The average molecular weight is 408 g/mol. The largest absolute Gasteiger partial charge is 0.489 e. The van der Waals surface area contributed by atoms with Crippen molar-refractivity contribution in [1.82, 2.24) is 10.7 Å². The molecule has 27 heavy (non-hydrogen) atoms. The molecule has 142 valence electrons. The summed E-state index contributed by atoms with van der Waals surface area (Å²) in [7, 11) is 0. The van der Waals surface area contributed by atoms with Crippen molar-refractivity contribution in [3.05, 3.63) is 63.6 Å². The number of nitrogens with zero attached hydrogens (tertiary/aromatic N) is 1. The third-order valence-electron chi connectivity index (χ3n) is 3.30. The lowest BCUT2D eigenvalue weighted by molar-refractivity contribution is -0.139. The van der Waals surface area contributed by atoms with Crippen molar-refractivity contribution in [2.24, 2.45) is 5.10 Å². The fraction of sp³-hybridized carbons (Fsp3) is 0.211. The van der Waals surface area contributed by atoms with Gasteiger partial charge in [-0.2, -0.15) is 5.10 Å². The number of carbonyl (C=O) groups excluding carboxylic acids is 2. The Labute approximate surface area is 167 Å². The standard InChI is InChI=1S/C19H19Cl2N3O3/c1-12(2)23-18(25)19(26)24-22-10-13-3-7-16(8-4-13)27-11-14-5-6-15(20)9-17(14)21/h3-10,12H,11H2,1-2H3,(H,23,25)(H,24,26)/b22-10+. The van der Waals surface area contributed by atoms with E-state index in [4.69, 9.17) is 27.9 Å².